The first-order chi connectivity index (χ1) is 13.2. The van der Waals surface area contributed by atoms with Crippen LogP contribution in [0.2, 0.25) is 10.0 Å². The smallest absolute Gasteiger partial charge is 0.545 e. The molecule has 2 aromatic carbocycles. The van der Waals surface area contributed by atoms with E-state index in [0.29, 0.717) is 36.2 Å². The number of nitrogens with two attached hydrogens (primary N) is 4. The van der Waals surface area contributed by atoms with Crippen molar-refractivity contribution in [2.75, 3.05) is 26.2 Å². The van der Waals surface area contributed by atoms with Gasteiger partial charge in [0.1, 0.15) is 0 Å². The number of carboxylic acids is 2. The summed E-state index contributed by atoms with van der Waals surface area (Å²) in [4.78, 5) is 20.3. The minimum Gasteiger partial charge on any atom is -0.545 e. The van der Waals surface area contributed by atoms with Crippen molar-refractivity contribution in [1.82, 2.24) is 0 Å². The summed E-state index contributed by atoms with van der Waals surface area (Å²) in [5.41, 5.74) is 19.9. The van der Waals surface area contributed by atoms with Crippen LogP contribution in [-0.4, -0.2) is 49.1 Å². The fraction of sp³-hybridized carbons (Fsp3) is 0.222. The monoisotopic (exact) mass is 529 g/mol. The van der Waals surface area contributed by atoms with Gasteiger partial charge in [0.05, 0.1) is 11.9 Å². The molecule has 0 heterocycles. The van der Waals surface area contributed by atoms with Crippen LogP contribution in [0.3, 0.4) is 0 Å². The van der Waals surface area contributed by atoms with Crippen LogP contribution >= 0.6 is 23.2 Å². The molecule has 13 heteroatoms. The van der Waals surface area contributed by atoms with Gasteiger partial charge in [0.15, 0.2) is 0 Å². The van der Waals surface area contributed by atoms with Gasteiger partial charge in [-0.25, -0.2) is 0 Å². The molecular formula is C18H28Cl2CuN4O6. The van der Waals surface area contributed by atoms with Crippen molar-refractivity contribution in [2.24, 2.45) is 22.9 Å². The Bertz CT molecular complexity index is 616. The molecule has 0 saturated carbocycles. The van der Waals surface area contributed by atoms with Crippen LogP contribution in [0.1, 0.15) is 20.7 Å². The van der Waals surface area contributed by atoms with E-state index in [9.17, 15) is 19.8 Å². The molecule has 31 heavy (non-hydrogen) atoms. The van der Waals surface area contributed by atoms with Gasteiger partial charge in [-0.05, 0) is 35.4 Å². The van der Waals surface area contributed by atoms with E-state index in [2.05, 4.69) is 0 Å². The van der Waals surface area contributed by atoms with Crippen LogP contribution in [0.15, 0.2) is 48.5 Å². The number of hydrogen-bond acceptors (Lipinski definition) is 8. The molecule has 0 aliphatic carbocycles. The third kappa shape index (κ3) is 24.4. The van der Waals surface area contributed by atoms with Gasteiger partial charge >= 0.3 is 17.1 Å². The Morgan fingerprint density at radius 3 is 0.935 bits per heavy atom. The SMILES string of the molecule is NCCN.NCCN.O.O.O=C([O-])c1ccc(Cl)cc1.O=C([O-])c1ccc(Cl)cc1.[Cu+2]. The van der Waals surface area contributed by atoms with Gasteiger partial charge < -0.3 is 53.7 Å². The van der Waals surface area contributed by atoms with Crippen LogP contribution in [0.5, 0.6) is 0 Å². The molecule has 0 atom stereocenters. The first kappa shape index (κ1) is 39.7. The average Bonchev–Trinajstić information content (AvgIpc) is 2.69. The Morgan fingerprint density at radius 1 is 0.613 bits per heavy atom. The van der Waals surface area contributed by atoms with E-state index in [-0.39, 0.29) is 39.1 Å². The van der Waals surface area contributed by atoms with Crippen LogP contribution in [0.4, 0.5) is 0 Å². The van der Waals surface area contributed by atoms with E-state index in [1.165, 1.54) is 48.5 Å². The number of carbonyl (C=O) groups is 2. The topological polar surface area (TPSA) is 247 Å². The number of rotatable bonds is 4. The van der Waals surface area contributed by atoms with Gasteiger partial charge in [0.25, 0.3) is 0 Å². The molecule has 0 unspecified atom stereocenters. The van der Waals surface area contributed by atoms with Gasteiger partial charge in [-0.3, -0.25) is 0 Å². The van der Waals surface area contributed by atoms with Crippen molar-refractivity contribution >= 4 is 35.1 Å². The van der Waals surface area contributed by atoms with Gasteiger partial charge in [-0.1, -0.05) is 47.5 Å². The maximum atomic E-state index is 10.2. The van der Waals surface area contributed by atoms with E-state index >= 15 is 0 Å². The third-order valence-corrected chi connectivity index (χ3v) is 3.00. The van der Waals surface area contributed by atoms with Crippen molar-refractivity contribution in [3.8, 4) is 0 Å². The van der Waals surface area contributed by atoms with Crippen molar-refractivity contribution < 1.29 is 47.8 Å². The molecule has 0 fully saturated rings. The quantitative estimate of drug-likeness (QED) is 0.308. The number of halogens is 2. The van der Waals surface area contributed by atoms with Crippen molar-refractivity contribution in [3.05, 3.63) is 69.7 Å². The molecule has 0 bridgehead atoms. The van der Waals surface area contributed by atoms with Crippen LogP contribution in [0.25, 0.3) is 0 Å². The summed E-state index contributed by atoms with van der Waals surface area (Å²) in [6.07, 6.45) is 0. The predicted molar refractivity (Wildman–Crippen MR) is 115 cm³/mol. The Kier molecular flexibility index (Phi) is 33.6. The van der Waals surface area contributed by atoms with E-state index in [4.69, 9.17) is 46.1 Å². The van der Waals surface area contributed by atoms with Crippen LogP contribution in [-0.2, 0) is 17.1 Å². The molecule has 0 aliphatic rings. The largest absolute Gasteiger partial charge is 2.00 e. The molecule has 0 amide bonds. The van der Waals surface area contributed by atoms with Gasteiger partial charge in [0, 0.05) is 36.2 Å². The fourth-order valence-corrected chi connectivity index (χ4v) is 1.42. The number of aromatic carboxylic acids is 2. The molecular weight excluding hydrogens is 503 g/mol. The molecule has 0 saturated heterocycles. The summed E-state index contributed by atoms with van der Waals surface area (Å²) in [6, 6.07) is 11.6. The number of carbonyl (C=O) groups excluding carboxylic acids is 2. The summed E-state index contributed by atoms with van der Waals surface area (Å²) in [5.74, 6) is -2.37. The van der Waals surface area contributed by atoms with Crippen molar-refractivity contribution in [1.29, 1.82) is 0 Å². The Labute approximate surface area is 201 Å². The zero-order chi connectivity index (χ0) is 21.9. The second kappa shape index (κ2) is 26.3. The molecule has 12 N–H and O–H groups in total. The Hall–Kier alpha value is -1.76. The van der Waals surface area contributed by atoms with E-state index in [1.807, 2.05) is 0 Å². The average molecular weight is 531 g/mol. The van der Waals surface area contributed by atoms with Crippen LogP contribution in [0, 0.1) is 0 Å². The molecule has 2 aromatic rings. The normalized spacial score (nSPS) is 7.94. The number of hydrogen-bond donors (Lipinski definition) is 4. The first-order valence-corrected chi connectivity index (χ1v) is 8.73. The number of benzene rings is 2. The van der Waals surface area contributed by atoms with Crippen molar-refractivity contribution in [3.63, 3.8) is 0 Å². The minimum atomic E-state index is -1.18. The maximum absolute atomic E-state index is 10.2. The van der Waals surface area contributed by atoms with Gasteiger partial charge in [0.2, 0.25) is 0 Å². The second-order valence-electron chi connectivity index (χ2n) is 4.74. The van der Waals surface area contributed by atoms with Gasteiger partial charge in [-0.2, -0.15) is 0 Å². The van der Waals surface area contributed by atoms with E-state index in [1.54, 1.807) is 0 Å². The van der Waals surface area contributed by atoms with Crippen molar-refractivity contribution in [2.45, 2.75) is 0 Å². The second-order valence-corrected chi connectivity index (χ2v) is 5.62. The summed E-state index contributed by atoms with van der Waals surface area (Å²) in [5, 5.41) is 21.4. The summed E-state index contributed by atoms with van der Waals surface area (Å²) < 4.78 is 0. The fourth-order valence-electron chi connectivity index (χ4n) is 1.17. The summed E-state index contributed by atoms with van der Waals surface area (Å²) in [6.45, 7) is 2.39. The van der Waals surface area contributed by atoms with Gasteiger partial charge in [-0.15, -0.1) is 0 Å². The molecule has 0 spiro atoms. The summed E-state index contributed by atoms with van der Waals surface area (Å²) >= 11 is 11.0. The standard InChI is InChI=1S/2C7H5ClO2.2C2H8N2.Cu.2H2O/c2*8-6-3-1-5(2-4-6)7(9)10;2*3-1-2-4;;;/h2*1-4H,(H,9,10);2*1-4H2;;2*1H2/q;;;;+2;;/p-2. The molecule has 0 aromatic heterocycles. The first-order valence-electron chi connectivity index (χ1n) is 7.97. The molecule has 0 aliphatic heterocycles. The van der Waals surface area contributed by atoms with Crippen LogP contribution < -0.4 is 33.1 Å². The van der Waals surface area contributed by atoms with E-state index in [0.717, 1.165) is 0 Å². The predicted octanol–water partition coefficient (Wildman–Crippen LogP) is -2.44. The molecule has 1 radical (unpaired) electrons. The van der Waals surface area contributed by atoms with E-state index < -0.39 is 11.9 Å². The Balaban J connectivity index is -0.000000102. The summed E-state index contributed by atoms with van der Waals surface area (Å²) in [7, 11) is 0. The Morgan fingerprint density at radius 2 is 0.806 bits per heavy atom. The molecule has 2 rings (SSSR count). The minimum absolute atomic E-state index is 0. The molecule has 10 nitrogen and oxygen atoms in total. The third-order valence-electron chi connectivity index (χ3n) is 2.49. The zero-order valence-corrected chi connectivity index (χ0v) is 18.9. The molecule has 181 valence electrons. The zero-order valence-electron chi connectivity index (χ0n) is 16.4. The maximum Gasteiger partial charge on any atom is 2.00 e. The number of carboxylic acid groups (broad SMARTS) is 2.